The van der Waals surface area contributed by atoms with Crippen LogP contribution in [0.4, 0.5) is 0 Å². The number of aromatic nitrogens is 2. The van der Waals surface area contributed by atoms with E-state index in [0.29, 0.717) is 38.4 Å². The quantitative estimate of drug-likeness (QED) is 0.157. The van der Waals surface area contributed by atoms with Crippen molar-refractivity contribution in [1.29, 1.82) is 0 Å². The SMILES string of the molecule is COc1nc(O[C@H]2CCc3c(-c4cccc(-c5ccc(C6=NCCN6)c(OC)n5)c4Cl)cccc32)c(Br)cc1CNC(C)(C)C(=O)O. The zero-order valence-corrected chi connectivity index (χ0v) is 28.8. The van der Waals surface area contributed by atoms with Crippen molar-refractivity contribution in [1.82, 2.24) is 20.6 Å². The summed E-state index contributed by atoms with van der Waals surface area (Å²) in [6.07, 6.45) is 1.32. The molecule has 4 aromatic rings. The van der Waals surface area contributed by atoms with Crippen LogP contribution >= 0.6 is 27.5 Å². The summed E-state index contributed by atoms with van der Waals surface area (Å²) in [6, 6.07) is 17.9. The summed E-state index contributed by atoms with van der Waals surface area (Å²) in [5.41, 5.74) is 6.12. The highest BCUT2D eigenvalue weighted by atomic mass is 79.9. The number of aliphatic imine (C=N–C) groups is 1. The van der Waals surface area contributed by atoms with Gasteiger partial charge in [0.15, 0.2) is 0 Å². The number of pyridine rings is 2. The van der Waals surface area contributed by atoms with Gasteiger partial charge >= 0.3 is 5.97 Å². The van der Waals surface area contributed by atoms with E-state index in [0.717, 1.165) is 59.6 Å². The number of rotatable bonds is 11. The number of nitrogens with one attached hydrogen (secondary N) is 2. The third-order valence-electron chi connectivity index (χ3n) is 8.45. The van der Waals surface area contributed by atoms with Gasteiger partial charge in [-0.05, 0) is 77.5 Å². The van der Waals surface area contributed by atoms with Crippen LogP contribution in [0.1, 0.15) is 48.6 Å². The van der Waals surface area contributed by atoms with E-state index in [1.165, 1.54) is 12.7 Å². The van der Waals surface area contributed by atoms with Crippen LogP contribution in [-0.4, -0.2) is 59.7 Å². The van der Waals surface area contributed by atoms with Crippen LogP contribution < -0.4 is 24.8 Å². The van der Waals surface area contributed by atoms with Crippen LogP contribution in [0, 0.1) is 0 Å². The van der Waals surface area contributed by atoms with Gasteiger partial charge in [0.2, 0.25) is 17.6 Å². The Kier molecular flexibility index (Phi) is 9.41. The lowest BCUT2D eigenvalue weighted by Crippen LogP contribution is -2.46. The number of aliphatic carboxylic acids is 1. The Morgan fingerprint density at radius 2 is 1.77 bits per heavy atom. The minimum atomic E-state index is -1.11. The number of ether oxygens (including phenoxy) is 3. The van der Waals surface area contributed by atoms with Gasteiger partial charge in [-0.15, -0.1) is 0 Å². The predicted molar refractivity (Wildman–Crippen MR) is 185 cm³/mol. The first-order chi connectivity index (χ1) is 22.6. The number of carboxylic acid groups (broad SMARTS) is 1. The second-order valence-electron chi connectivity index (χ2n) is 11.8. The number of fused-ring (bicyclic) bond motifs is 1. The zero-order chi connectivity index (χ0) is 33.3. The summed E-state index contributed by atoms with van der Waals surface area (Å²) in [5, 5.41) is 16.4. The number of methoxy groups -OCH3 is 2. The molecule has 47 heavy (non-hydrogen) atoms. The fraction of sp³-hybridized carbons (Fsp3) is 0.314. The Morgan fingerprint density at radius 1 is 1.02 bits per heavy atom. The molecule has 2 aromatic carbocycles. The molecule has 1 atom stereocenters. The Hall–Kier alpha value is -4.19. The molecule has 12 heteroatoms. The molecule has 2 aliphatic rings. The molecule has 6 rings (SSSR count). The second-order valence-corrected chi connectivity index (χ2v) is 13.1. The normalized spacial score (nSPS) is 15.5. The molecule has 0 radical (unpaired) electrons. The van der Waals surface area contributed by atoms with Gasteiger partial charge in [-0.25, -0.2) is 4.98 Å². The molecule has 0 unspecified atom stereocenters. The third-order valence-corrected chi connectivity index (χ3v) is 9.42. The molecule has 3 N–H and O–H groups in total. The van der Waals surface area contributed by atoms with Crippen molar-refractivity contribution in [3.63, 3.8) is 0 Å². The van der Waals surface area contributed by atoms with Crippen LogP contribution in [0.5, 0.6) is 17.6 Å². The molecular formula is C35H35BrClN5O5. The average Bonchev–Trinajstić information content (AvgIpc) is 3.75. The number of halogens is 2. The third kappa shape index (κ3) is 6.52. The van der Waals surface area contributed by atoms with Gasteiger partial charge in [-0.3, -0.25) is 15.1 Å². The lowest BCUT2D eigenvalue weighted by atomic mass is 9.94. The van der Waals surface area contributed by atoms with Gasteiger partial charge in [0.25, 0.3) is 0 Å². The molecule has 1 aliphatic carbocycles. The number of amidine groups is 1. The number of carboxylic acids is 1. The van der Waals surface area contributed by atoms with Crippen LogP contribution in [-0.2, 0) is 17.8 Å². The molecule has 244 valence electrons. The lowest BCUT2D eigenvalue weighted by molar-refractivity contribution is -0.143. The van der Waals surface area contributed by atoms with Gasteiger partial charge in [0.05, 0.1) is 41.5 Å². The Bertz CT molecular complexity index is 1880. The maximum Gasteiger partial charge on any atom is 0.323 e. The van der Waals surface area contributed by atoms with Gasteiger partial charge in [0.1, 0.15) is 17.5 Å². The molecule has 1 aliphatic heterocycles. The largest absolute Gasteiger partial charge is 0.481 e. The fourth-order valence-corrected chi connectivity index (χ4v) is 6.62. The fourth-order valence-electron chi connectivity index (χ4n) is 5.84. The maximum atomic E-state index is 11.5. The second kappa shape index (κ2) is 13.5. The Balaban J connectivity index is 1.27. The van der Waals surface area contributed by atoms with E-state index in [1.54, 1.807) is 21.0 Å². The smallest absolute Gasteiger partial charge is 0.323 e. The van der Waals surface area contributed by atoms with E-state index < -0.39 is 11.5 Å². The first-order valence-corrected chi connectivity index (χ1v) is 16.4. The summed E-state index contributed by atoms with van der Waals surface area (Å²) in [5.74, 6) is 1.08. The van der Waals surface area contributed by atoms with Crippen LogP contribution in [0.15, 0.2) is 64.1 Å². The number of carbonyl (C=O) groups is 1. The molecular weight excluding hydrogens is 686 g/mol. The van der Waals surface area contributed by atoms with Crippen molar-refractivity contribution in [2.24, 2.45) is 4.99 Å². The van der Waals surface area contributed by atoms with Gasteiger partial charge in [-0.1, -0.05) is 48.0 Å². The van der Waals surface area contributed by atoms with Crippen molar-refractivity contribution in [3.8, 4) is 40.0 Å². The molecule has 0 amide bonds. The van der Waals surface area contributed by atoms with E-state index in [2.05, 4.69) is 48.7 Å². The molecule has 0 saturated carbocycles. The first kappa shape index (κ1) is 32.7. The summed E-state index contributed by atoms with van der Waals surface area (Å²) in [4.78, 5) is 25.5. The number of benzene rings is 2. The van der Waals surface area contributed by atoms with Crippen LogP contribution in [0.3, 0.4) is 0 Å². The minimum absolute atomic E-state index is 0.235. The number of hydrogen-bond acceptors (Lipinski definition) is 9. The molecule has 0 spiro atoms. The topological polar surface area (TPSA) is 127 Å². The molecule has 0 fully saturated rings. The Labute approximate surface area is 286 Å². The predicted octanol–water partition coefficient (Wildman–Crippen LogP) is 6.61. The van der Waals surface area contributed by atoms with Crippen molar-refractivity contribution >= 4 is 39.3 Å². The van der Waals surface area contributed by atoms with Crippen LogP contribution in [0.25, 0.3) is 22.4 Å². The van der Waals surface area contributed by atoms with E-state index in [9.17, 15) is 9.90 Å². The van der Waals surface area contributed by atoms with Crippen molar-refractivity contribution in [2.75, 3.05) is 27.3 Å². The number of hydrogen-bond donors (Lipinski definition) is 3. The van der Waals surface area contributed by atoms with Crippen molar-refractivity contribution in [2.45, 2.75) is 44.9 Å². The first-order valence-electron chi connectivity index (χ1n) is 15.2. The molecule has 3 heterocycles. The van der Waals surface area contributed by atoms with Crippen molar-refractivity contribution in [3.05, 3.63) is 86.3 Å². The lowest BCUT2D eigenvalue weighted by Gasteiger charge is -2.22. The monoisotopic (exact) mass is 719 g/mol. The van der Waals surface area contributed by atoms with Gasteiger partial charge < -0.3 is 24.6 Å². The van der Waals surface area contributed by atoms with Gasteiger partial charge in [-0.2, -0.15) is 4.98 Å². The van der Waals surface area contributed by atoms with Crippen LogP contribution in [0.2, 0.25) is 5.02 Å². The maximum absolute atomic E-state index is 11.5. The van der Waals surface area contributed by atoms with Crippen molar-refractivity contribution < 1.29 is 24.1 Å². The molecule has 2 aromatic heterocycles. The summed E-state index contributed by atoms with van der Waals surface area (Å²) >= 11 is 10.7. The van der Waals surface area contributed by atoms with E-state index in [4.69, 9.17) is 30.8 Å². The van der Waals surface area contributed by atoms with E-state index >= 15 is 0 Å². The standard InChI is InChI=1S/C35H35BrClN5O5/c1-35(2,34(43)44)40-18-19-17-26(36)33(42-31(19)45-3)47-28-14-12-21-20(7-5-8-22(21)28)23-9-6-10-24(29(23)37)27-13-11-25(32(41-27)46-4)30-38-15-16-39-30/h5-11,13,17,28,40H,12,14-16,18H2,1-4H3,(H,38,39)(H,43,44)/t28-/m0/s1. The minimum Gasteiger partial charge on any atom is -0.481 e. The summed E-state index contributed by atoms with van der Waals surface area (Å²) in [7, 11) is 3.14. The average molecular weight is 721 g/mol. The highest BCUT2D eigenvalue weighted by molar-refractivity contribution is 9.10. The molecule has 0 bridgehead atoms. The molecule has 10 nitrogen and oxygen atoms in total. The van der Waals surface area contributed by atoms with E-state index in [1.807, 2.05) is 42.5 Å². The highest BCUT2D eigenvalue weighted by Gasteiger charge is 2.30. The zero-order valence-electron chi connectivity index (χ0n) is 26.5. The van der Waals surface area contributed by atoms with E-state index in [-0.39, 0.29) is 12.6 Å². The molecule has 0 saturated heterocycles. The summed E-state index contributed by atoms with van der Waals surface area (Å²) in [6.45, 7) is 4.98. The Morgan fingerprint density at radius 3 is 2.49 bits per heavy atom. The van der Waals surface area contributed by atoms with Gasteiger partial charge in [0, 0.05) is 29.8 Å². The highest BCUT2D eigenvalue weighted by Crippen LogP contribution is 2.44. The summed E-state index contributed by atoms with van der Waals surface area (Å²) < 4.78 is 18.3. The number of nitrogens with zero attached hydrogens (tertiary/aromatic N) is 3.